The Balaban J connectivity index is 0.943. The predicted molar refractivity (Wildman–Crippen MR) is 281 cm³/mol. The van der Waals surface area contributed by atoms with E-state index in [-0.39, 0.29) is 5.63 Å². The van der Waals surface area contributed by atoms with Crippen molar-refractivity contribution in [1.82, 2.24) is 0 Å². The minimum Gasteiger partial charge on any atom is -0.422 e. The molecule has 3 heterocycles. The van der Waals surface area contributed by atoms with Crippen LogP contribution in [-0.2, 0) is 6.42 Å². The minimum absolute atomic E-state index is 0.364. The van der Waals surface area contributed by atoms with Gasteiger partial charge in [0.05, 0.1) is 16.7 Å². The number of para-hydroxylation sites is 1. The van der Waals surface area contributed by atoms with Crippen molar-refractivity contribution in [3.63, 3.8) is 0 Å². The number of anilines is 5. The molecule has 1 aliphatic rings. The zero-order valence-electron chi connectivity index (χ0n) is 38.9. The molecule has 11 rings (SSSR count). The number of fused-ring (bicyclic) bond motifs is 6. The smallest absolute Gasteiger partial charge is 0.344 e. The van der Waals surface area contributed by atoms with Gasteiger partial charge in [0, 0.05) is 82.9 Å². The second-order valence-corrected chi connectivity index (χ2v) is 17.5. The van der Waals surface area contributed by atoms with Crippen molar-refractivity contribution in [2.45, 2.75) is 34.1 Å². The van der Waals surface area contributed by atoms with Crippen molar-refractivity contribution < 1.29 is 13.3 Å². The summed E-state index contributed by atoms with van der Waals surface area (Å²) in [6.07, 6.45) is 0.677. The van der Waals surface area contributed by atoms with E-state index in [1.165, 1.54) is 0 Å². The summed E-state index contributed by atoms with van der Waals surface area (Å²) in [4.78, 5) is 46.9. The van der Waals surface area contributed by atoms with E-state index in [9.17, 15) is 14.4 Å². The molecule has 3 aromatic heterocycles. The van der Waals surface area contributed by atoms with E-state index < -0.39 is 11.3 Å². The average Bonchev–Trinajstić information content (AvgIpc) is 3.74. The molecular weight excluding hydrogens is 859 g/mol. The Morgan fingerprint density at radius 1 is 0.362 bits per heavy atom. The van der Waals surface area contributed by atoms with Gasteiger partial charge in [-0.05, 0) is 164 Å². The lowest BCUT2D eigenvalue weighted by Crippen LogP contribution is -2.21. The maximum Gasteiger partial charge on any atom is 0.344 e. The average molecular weight is 908 g/mol. The zero-order valence-corrected chi connectivity index (χ0v) is 38.9. The van der Waals surface area contributed by atoms with Gasteiger partial charge in [-0.15, -0.1) is 0 Å². The normalized spacial score (nSPS) is 11.8. The molecule has 69 heavy (non-hydrogen) atoms. The molecule has 0 aliphatic heterocycles. The minimum atomic E-state index is -0.399. The van der Waals surface area contributed by atoms with E-state index in [4.69, 9.17) is 13.3 Å². The number of rotatable bonds is 12. The first-order chi connectivity index (χ1) is 33.7. The molecule has 9 heteroatoms. The molecule has 0 saturated carbocycles. The molecule has 1 aliphatic carbocycles. The highest BCUT2D eigenvalue weighted by Gasteiger charge is 2.23. The van der Waals surface area contributed by atoms with E-state index in [1.54, 1.807) is 6.07 Å². The van der Waals surface area contributed by atoms with Gasteiger partial charge in [0.2, 0.25) is 0 Å². The van der Waals surface area contributed by atoms with Crippen LogP contribution in [0.4, 0.5) is 28.4 Å². The fourth-order valence-corrected chi connectivity index (χ4v) is 9.97. The molecular formula is C60H49N3O6. The third-order valence-electron chi connectivity index (χ3n) is 13.6. The largest absolute Gasteiger partial charge is 0.422 e. The van der Waals surface area contributed by atoms with Gasteiger partial charge in [-0.2, -0.15) is 0 Å². The predicted octanol–water partition coefficient (Wildman–Crippen LogP) is 13.7. The number of nitrogens with zero attached hydrogens (tertiary/aromatic N) is 3. The topological polar surface area (TPSA) is 100 Å². The Bertz CT molecular complexity index is 3790. The van der Waals surface area contributed by atoms with Gasteiger partial charge in [-0.25, -0.2) is 14.4 Å². The van der Waals surface area contributed by atoms with Crippen molar-refractivity contribution in [2.24, 2.45) is 0 Å². The van der Waals surface area contributed by atoms with Crippen LogP contribution in [-0.4, -0.2) is 26.2 Å². The van der Waals surface area contributed by atoms with Crippen LogP contribution in [0.15, 0.2) is 191 Å². The van der Waals surface area contributed by atoms with Crippen LogP contribution in [0.5, 0.6) is 0 Å². The molecule has 7 aromatic carbocycles. The lowest BCUT2D eigenvalue weighted by atomic mass is 9.99. The molecule has 340 valence electrons. The number of hydrogen-bond acceptors (Lipinski definition) is 9. The van der Waals surface area contributed by atoms with Gasteiger partial charge >= 0.3 is 16.9 Å². The van der Waals surface area contributed by atoms with Crippen LogP contribution in [0.25, 0.3) is 77.4 Å². The first-order valence-corrected chi connectivity index (χ1v) is 23.7. The molecule has 10 aromatic rings. The monoisotopic (exact) mass is 907 g/mol. The fourth-order valence-electron chi connectivity index (χ4n) is 9.97. The van der Waals surface area contributed by atoms with E-state index in [0.29, 0.717) is 39.9 Å². The molecule has 0 atom stereocenters. The standard InChI is InChI=1S/C60H49N3O6/c1-5-61(6-2)47-24-17-41-33-53(59(65)68-56(41)35-47)38-15-22-46(23-16-38)63(45-20-13-37(14-21-45)52-32-40-11-9-10-12-55(40)67-58(52)64)49-26-28-51-44(31-49)30-43-29-39(19-27-50(43)51)54-34-42-18-25-48(62(7-3)8-4)36-57(42)69-60(54)66/h9-29,31-36H,5-8,30H2,1-4H3. The lowest BCUT2D eigenvalue weighted by molar-refractivity contribution is 0.563. The second-order valence-electron chi connectivity index (χ2n) is 17.5. The zero-order chi connectivity index (χ0) is 47.3. The third kappa shape index (κ3) is 7.85. The summed E-state index contributed by atoms with van der Waals surface area (Å²) in [7, 11) is 0. The van der Waals surface area contributed by atoms with Crippen molar-refractivity contribution in [1.29, 1.82) is 0 Å². The van der Waals surface area contributed by atoms with Gasteiger partial charge in [0.1, 0.15) is 16.7 Å². The Morgan fingerprint density at radius 3 is 1.29 bits per heavy atom. The van der Waals surface area contributed by atoms with Crippen LogP contribution in [0.1, 0.15) is 38.8 Å². The fraction of sp³-hybridized carbons (Fsp3) is 0.150. The van der Waals surface area contributed by atoms with E-state index in [1.807, 2.05) is 115 Å². The summed E-state index contributed by atoms with van der Waals surface area (Å²) >= 11 is 0. The van der Waals surface area contributed by atoms with E-state index >= 15 is 0 Å². The highest BCUT2D eigenvalue weighted by atomic mass is 16.4. The molecule has 0 bridgehead atoms. The Hall–Kier alpha value is -8.43. The first-order valence-electron chi connectivity index (χ1n) is 23.7. The van der Waals surface area contributed by atoms with Crippen LogP contribution < -0.4 is 31.6 Å². The molecule has 0 N–H and O–H groups in total. The van der Waals surface area contributed by atoms with Crippen molar-refractivity contribution in [3.8, 4) is 44.5 Å². The van der Waals surface area contributed by atoms with Gasteiger partial charge in [0.15, 0.2) is 0 Å². The SMILES string of the molecule is CCN(CC)c1ccc2cc(-c3ccc(N(c4ccc(-c5cc6ccccc6oc5=O)cc4)c4ccc5c(c4)Cc4cc(-c6cc7ccc(N(CC)CC)cc7oc6=O)ccc4-5)cc3)c(=O)oc2c1. The van der Waals surface area contributed by atoms with Gasteiger partial charge in [-0.1, -0.05) is 60.7 Å². The lowest BCUT2D eigenvalue weighted by Gasteiger charge is -2.26. The molecule has 0 amide bonds. The van der Waals surface area contributed by atoms with E-state index in [2.05, 4.69) is 84.9 Å². The first kappa shape index (κ1) is 43.2. The van der Waals surface area contributed by atoms with Crippen molar-refractivity contribution >= 4 is 61.3 Å². The van der Waals surface area contributed by atoms with Crippen molar-refractivity contribution in [2.75, 3.05) is 40.9 Å². The van der Waals surface area contributed by atoms with Crippen LogP contribution in [0.3, 0.4) is 0 Å². The van der Waals surface area contributed by atoms with Crippen LogP contribution in [0, 0.1) is 0 Å². The Labute approximate surface area is 398 Å². The summed E-state index contributed by atoms with van der Waals surface area (Å²) in [5.74, 6) is 0. The molecule has 0 unspecified atom stereocenters. The highest BCUT2D eigenvalue weighted by Crippen LogP contribution is 2.44. The van der Waals surface area contributed by atoms with Gasteiger partial charge in [0.25, 0.3) is 0 Å². The molecule has 0 radical (unpaired) electrons. The van der Waals surface area contributed by atoms with Crippen LogP contribution >= 0.6 is 0 Å². The third-order valence-corrected chi connectivity index (χ3v) is 13.6. The molecule has 0 saturated heterocycles. The summed E-state index contributed by atoms with van der Waals surface area (Å²) in [5, 5.41) is 2.57. The van der Waals surface area contributed by atoms with Crippen molar-refractivity contribution in [3.05, 3.63) is 206 Å². The maximum absolute atomic E-state index is 13.5. The Kier molecular flexibility index (Phi) is 11.0. The highest BCUT2D eigenvalue weighted by molar-refractivity contribution is 5.89. The van der Waals surface area contributed by atoms with Gasteiger partial charge in [-0.3, -0.25) is 0 Å². The summed E-state index contributed by atoms with van der Waals surface area (Å²) in [6.45, 7) is 11.9. The quantitative estimate of drug-likeness (QED) is 0.111. The molecule has 0 spiro atoms. The van der Waals surface area contributed by atoms with E-state index in [0.717, 1.165) is 110 Å². The summed E-state index contributed by atoms with van der Waals surface area (Å²) < 4.78 is 17.5. The Morgan fingerprint density at radius 2 is 0.768 bits per heavy atom. The molecule has 9 nitrogen and oxygen atoms in total. The molecule has 0 fully saturated rings. The van der Waals surface area contributed by atoms with Crippen LogP contribution in [0.2, 0.25) is 0 Å². The number of benzene rings is 7. The summed E-state index contributed by atoms with van der Waals surface area (Å²) in [5.41, 5.74) is 13.6. The maximum atomic E-state index is 13.5. The van der Waals surface area contributed by atoms with Gasteiger partial charge < -0.3 is 28.0 Å². The second kappa shape index (κ2) is 17.7. The summed E-state index contributed by atoms with van der Waals surface area (Å²) in [6, 6.07) is 53.9. The number of hydrogen-bond donors (Lipinski definition) is 0.